The maximum atomic E-state index is 11.6. The number of nitrogens with two attached hydrogens (primary N) is 1. The van der Waals surface area contributed by atoms with Crippen molar-refractivity contribution < 1.29 is 14.6 Å². The number of ether oxygens (including phenoxy) is 1. The quantitative estimate of drug-likeness (QED) is 0.609. The van der Waals surface area contributed by atoms with Crippen molar-refractivity contribution in [2.45, 2.75) is 50.4 Å². The van der Waals surface area contributed by atoms with Crippen molar-refractivity contribution in [3.8, 4) is 0 Å². The molecular weight excluding hydrogens is 208 g/mol. The molecule has 94 valence electrons. The Bertz CT molecular complexity index is 219. The summed E-state index contributed by atoms with van der Waals surface area (Å²) < 4.78 is 5.05. The fraction of sp³-hybridized carbons (Fsp3) is 0.909. The standard InChI is InChI=1S/C11H22N2O3/c1-16-10(7-12)6-11(15)13-8-3-2-4-9(14)5-8/h8-10,14H,2-7,12H2,1H3,(H,13,15). The van der Waals surface area contributed by atoms with Crippen molar-refractivity contribution in [3.63, 3.8) is 0 Å². The van der Waals surface area contributed by atoms with E-state index in [2.05, 4.69) is 5.32 Å². The fourth-order valence-electron chi connectivity index (χ4n) is 2.05. The van der Waals surface area contributed by atoms with Crippen LogP contribution in [0.5, 0.6) is 0 Å². The summed E-state index contributed by atoms with van der Waals surface area (Å²) in [5.74, 6) is -0.0450. The molecule has 3 unspecified atom stereocenters. The van der Waals surface area contributed by atoms with Gasteiger partial charge in [-0.1, -0.05) is 0 Å². The zero-order valence-corrected chi connectivity index (χ0v) is 9.82. The highest BCUT2D eigenvalue weighted by atomic mass is 16.5. The molecule has 0 aromatic heterocycles. The lowest BCUT2D eigenvalue weighted by Gasteiger charge is -2.27. The highest BCUT2D eigenvalue weighted by Crippen LogP contribution is 2.18. The van der Waals surface area contributed by atoms with E-state index >= 15 is 0 Å². The van der Waals surface area contributed by atoms with Crippen molar-refractivity contribution in [2.75, 3.05) is 13.7 Å². The van der Waals surface area contributed by atoms with Crippen LogP contribution in [0.1, 0.15) is 32.1 Å². The number of methoxy groups -OCH3 is 1. The summed E-state index contributed by atoms with van der Waals surface area (Å²) in [6.45, 7) is 0.344. The topological polar surface area (TPSA) is 84.6 Å². The van der Waals surface area contributed by atoms with Gasteiger partial charge in [-0.3, -0.25) is 4.79 Å². The number of hydrogen-bond donors (Lipinski definition) is 3. The Morgan fingerprint density at radius 1 is 1.62 bits per heavy atom. The zero-order chi connectivity index (χ0) is 12.0. The number of carbonyl (C=O) groups is 1. The van der Waals surface area contributed by atoms with Crippen LogP contribution in [0.4, 0.5) is 0 Å². The first-order chi connectivity index (χ1) is 7.65. The van der Waals surface area contributed by atoms with E-state index in [1.54, 1.807) is 7.11 Å². The number of aliphatic hydroxyl groups is 1. The van der Waals surface area contributed by atoms with Gasteiger partial charge in [0.15, 0.2) is 0 Å². The minimum absolute atomic E-state index is 0.0450. The molecule has 0 aliphatic heterocycles. The molecule has 5 nitrogen and oxygen atoms in total. The van der Waals surface area contributed by atoms with Crippen molar-refractivity contribution in [3.05, 3.63) is 0 Å². The molecule has 3 atom stereocenters. The third kappa shape index (κ3) is 4.47. The van der Waals surface area contributed by atoms with Crippen molar-refractivity contribution in [2.24, 2.45) is 5.73 Å². The van der Waals surface area contributed by atoms with Gasteiger partial charge in [0.2, 0.25) is 5.91 Å². The van der Waals surface area contributed by atoms with Crippen LogP contribution in [0.3, 0.4) is 0 Å². The molecular formula is C11H22N2O3. The number of carbonyl (C=O) groups excluding carboxylic acids is 1. The van der Waals surface area contributed by atoms with Crippen LogP contribution in [0.15, 0.2) is 0 Å². The van der Waals surface area contributed by atoms with E-state index in [4.69, 9.17) is 10.5 Å². The first kappa shape index (κ1) is 13.4. The molecule has 4 N–H and O–H groups in total. The lowest BCUT2D eigenvalue weighted by atomic mass is 9.93. The summed E-state index contributed by atoms with van der Waals surface area (Å²) in [6, 6.07) is 0.103. The Morgan fingerprint density at radius 3 is 2.94 bits per heavy atom. The molecule has 0 heterocycles. The van der Waals surface area contributed by atoms with Gasteiger partial charge in [-0.25, -0.2) is 0 Å². The van der Waals surface area contributed by atoms with Gasteiger partial charge in [-0.15, -0.1) is 0 Å². The van der Waals surface area contributed by atoms with E-state index in [1.807, 2.05) is 0 Å². The molecule has 1 amide bonds. The molecule has 0 saturated heterocycles. The molecule has 0 bridgehead atoms. The maximum absolute atomic E-state index is 11.6. The minimum Gasteiger partial charge on any atom is -0.393 e. The molecule has 0 spiro atoms. The minimum atomic E-state index is -0.271. The van der Waals surface area contributed by atoms with Gasteiger partial charge >= 0.3 is 0 Å². The van der Waals surface area contributed by atoms with Gasteiger partial charge in [-0.05, 0) is 25.7 Å². The molecule has 5 heteroatoms. The summed E-state index contributed by atoms with van der Waals surface area (Å²) in [5, 5.41) is 12.4. The summed E-state index contributed by atoms with van der Waals surface area (Å²) in [7, 11) is 1.55. The molecule has 1 aliphatic rings. The maximum Gasteiger partial charge on any atom is 0.222 e. The first-order valence-corrected chi connectivity index (χ1v) is 5.86. The molecule has 16 heavy (non-hydrogen) atoms. The van der Waals surface area contributed by atoms with Crippen LogP contribution in [0, 0.1) is 0 Å². The molecule has 1 rings (SSSR count). The Kier molecular flexibility index (Phi) is 5.73. The van der Waals surface area contributed by atoms with Crippen molar-refractivity contribution >= 4 is 5.91 Å². The summed E-state index contributed by atoms with van der Waals surface area (Å²) >= 11 is 0. The highest BCUT2D eigenvalue weighted by Gasteiger charge is 2.22. The predicted molar refractivity (Wildman–Crippen MR) is 60.9 cm³/mol. The third-order valence-corrected chi connectivity index (χ3v) is 3.02. The molecule has 1 aliphatic carbocycles. The average Bonchev–Trinajstić information content (AvgIpc) is 2.26. The Morgan fingerprint density at radius 2 is 2.38 bits per heavy atom. The van der Waals surface area contributed by atoms with Crippen LogP contribution in [0.2, 0.25) is 0 Å². The van der Waals surface area contributed by atoms with E-state index < -0.39 is 0 Å². The van der Waals surface area contributed by atoms with Crippen LogP contribution in [-0.2, 0) is 9.53 Å². The van der Waals surface area contributed by atoms with Gasteiger partial charge in [0, 0.05) is 19.7 Å². The van der Waals surface area contributed by atoms with E-state index in [-0.39, 0.29) is 24.2 Å². The summed E-state index contributed by atoms with van der Waals surface area (Å²) in [4.78, 5) is 11.6. The first-order valence-electron chi connectivity index (χ1n) is 5.86. The van der Waals surface area contributed by atoms with Gasteiger partial charge in [0.05, 0.1) is 18.6 Å². The molecule has 1 saturated carbocycles. The molecule has 0 aromatic rings. The van der Waals surface area contributed by atoms with Gasteiger partial charge in [0.1, 0.15) is 0 Å². The van der Waals surface area contributed by atoms with Gasteiger partial charge in [-0.2, -0.15) is 0 Å². The number of rotatable bonds is 5. The largest absolute Gasteiger partial charge is 0.393 e. The van der Waals surface area contributed by atoms with E-state index in [0.29, 0.717) is 19.4 Å². The number of aliphatic hydroxyl groups excluding tert-OH is 1. The predicted octanol–water partition coefficient (Wildman–Crippen LogP) is -0.230. The van der Waals surface area contributed by atoms with Crippen molar-refractivity contribution in [1.82, 2.24) is 5.32 Å². The monoisotopic (exact) mass is 230 g/mol. The second kappa shape index (κ2) is 6.83. The Hall–Kier alpha value is -0.650. The Labute approximate surface area is 96.3 Å². The third-order valence-electron chi connectivity index (χ3n) is 3.02. The smallest absolute Gasteiger partial charge is 0.222 e. The highest BCUT2D eigenvalue weighted by molar-refractivity contribution is 5.76. The SMILES string of the molecule is COC(CN)CC(=O)NC1CCCC(O)C1. The number of nitrogens with one attached hydrogen (secondary N) is 1. The number of amides is 1. The lowest BCUT2D eigenvalue weighted by Crippen LogP contribution is -2.41. The molecule has 0 radical (unpaired) electrons. The Balaban J connectivity index is 2.27. The number of hydrogen-bond acceptors (Lipinski definition) is 4. The normalized spacial score (nSPS) is 27.4. The van der Waals surface area contributed by atoms with Crippen molar-refractivity contribution in [1.29, 1.82) is 0 Å². The second-order valence-corrected chi connectivity index (χ2v) is 4.38. The van der Waals surface area contributed by atoms with E-state index in [1.165, 1.54) is 0 Å². The zero-order valence-electron chi connectivity index (χ0n) is 9.82. The summed E-state index contributed by atoms with van der Waals surface area (Å²) in [5.41, 5.74) is 5.44. The fourth-order valence-corrected chi connectivity index (χ4v) is 2.05. The van der Waals surface area contributed by atoms with Crippen LogP contribution >= 0.6 is 0 Å². The van der Waals surface area contributed by atoms with Gasteiger partial charge in [0.25, 0.3) is 0 Å². The second-order valence-electron chi connectivity index (χ2n) is 4.38. The average molecular weight is 230 g/mol. The summed E-state index contributed by atoms with van der Waals surface area (Å²) in [6.07, 6.45) is 3.22. The van der Waals surface area contributed by atoms with E-state index in [9.17, 15) is 9.90 Å². The van der Waals surface area contributed by atoms with Gasteiger partial charge < -0.3 is 20.9 Å². The van der Waals surface area contributed by atoms with Crippen LogP contribution < -0.4 is 11.1 Å². The van der Waals surface area contributed by atoms with E-state index in [0.717, 1.165) is 19.3 Å². The molecule has 1 fully saturated rings. The molecule has 0 aromatic carbocycles. The lowest BCUT2D eigenvalue weighted by molar-refractivity contribution is -0.124. The van der Waals surface area contributed by atoms with Crippen LogP contribution in [0.25, 0.3) is 0 Å². The van der Waals surface area contributed by atoms with Crippen LogP contribution in [-0.4, -0.2) is 42.9 Å².